The summed E-state index contributed by atoms with van der Waals surface area (Å²) in [6, 6.07) is 6.00. The van der Waals surface area contributed by atoms with Gasteiger partial charge in [-0.05, 0) is 49.8 Å². The van der Waals surface area contributed by atoms with Crippen molar-refractivity contribution < 1.29 is 9.90 Å². The maximum absolute atomic E-state index is 11.9. The highest BCUT2D eigenvalue weighted by Gasteiger charge is 2.29. The van der Waals surface area contributed by atoms with E-state index in [0.717, 1.165) is 36.8 Å². The first-order valence-electron chi connectivity index (χ1n) is 7.02. The van der Waals surface area contributed by atoms with Crippen LogP contribution in [-0.4, -0.2) is 23.1 Å². The van der Waals surface area contributed by atoms with Crippen molar-refractivity contribution in [2.45, 2.75) is 50.7 Å². The lowest BCUT2D eigenvalue weighted by Crippen LogP contribution is -2.44. The number of carbonyl (C=O) groups excluding carboxylic acids is 1. The van der Waals surface area contributed by atoms with Crippen molar-refractivity contribution in [1.82, 2.24) is 10.6 Å². The summed E-state index contributed by atoms with van der Waals surface area (Å²) >= 11 is 0. The highest BCUT2D eigenvalue weighted by atomic mass is 16.3. The van der Waals surface area contributed by atoms with Crippen LogP contribution in [0.4, 0.5) is 0 Å². The zero-order valence-electron chi connectivity index (χ0n) is 11.1. The van der Waals surface area contributed by atoms with Gasteiger partial charge in [-0.1, -0.05) is 12.1 Å². The quantitative estimate of drug-likeness (QED) is 0.771. The van der Waals surface area contributed by atoms with Gasteiger partial charge in [0, 0.05) is 12.1 Å². The fraction of sp³-hybridized carbons (Fsp3) is 0.533. The van der Waals surface area contributed by atoms with E-state index in [-0.39, 0.29) is 18.0 Å². The third kappa shape index (κ3) is 2.59. The van der Waals surface area contributed by atoms with Crippen LogP contribution in [0, 0.1) is 0 Å². The molecule has 1 aromatic carbocycles. The molecule has 2 atom stereocenters. The second kappa shape index (κ2) is 4.85. The van der Waals surface area contributed by atoms with E-state index in [2.05, 4.69) is 10.6 Å². The van der Waals surface area contributed by atoms with Gasteiger partial charge in [-0.15, -0.1) is 0 Å². The standard InChI is InChI=1S/C15H20N2O2/c1-9(15(19)17-10-5-6-10)16-13-8-7-12-11(13)3-2-4-14(12)18/h2-4,9-10,13,16,18H,5-8H2,1H3,(H,17,19). The molecule has 0 bridgehead atoms. The number of carbonyl (C=O) groups is 1. The Labute approximate surface area is 113 Å². The third-order valence-electron chi connectivity index (χ3n) is 4.01. The molecule has 1 saturated carbocycles. The molecular formula is C15H20N2O2. The lowest BCUT2D eigenvalue weighted by Gasteiger charge is -2.20. The summed E-state index contributed by atoms with van der Waals surface area (Å²) in [7, 11) is 0. The summed E-state index contributed by atoms with van der Waals surface area (Å²) < 4.78 is 0. The van der Waals surface area contributed by atoms with Crippen LogP contribution in [-0.2, 0) is 11.2 Å². The highest BCUT2D eigenvalue weighted by molar-refractivity contribution is 5.81. The van der Waals surface area contributed by atoms with E-state index >= 15 is 0 Å². The van der Waals surface area contributed by atoms with Crippen LogP contribution in [0.2, 0.25) is 0 Å². The Hall–Kier alpha value is -1.55. The summed E-state index contributed by atoms with van der Waals surface area (Å²) in [6.45, 7) is 1.90. The van der Waals surface area contributed by atoms with E-state index in [1.54, 1.807) is 6.07 Å². The molecular weight excluding hydrogens is 240 g/mol. The first-order chi connectivity index (χ1) is 9.15. The van der Waals surface area contributed by atoms with E-state index < -0.39 is 0 Å². The Bertz CT molecular complexity index is 497. The van der Waals surface area contributed by atoms with Gasteiger partial charge in [-0.25, -0.2) is 0 Å². The number of hydrogen-bond acceptors (Lipinski definition) is 3. The van der Waals surface area contributed by atoms with Crippen molar-refractivity contribution >= 4 is 5.91 Å². The van der Waals surface area contributed by atoms with Crippen LogP contribution >= 0.6 is 0 Å². The highest BCUT2D eigenvalue weighted by Crippen LogP contribution is 2.36. The van der Waals surface area contributed by atoms with Gasteiger partial charge >= 0.3 is 0 Å². The molecule has 1 amide bonds. The molecule has 2 aliphatic carbocycles. The van der Waals surface area contributed by atoms with E-state index in [1.807, 2.05) is 19.1 Å². The molecule has 0 heterocycles. The van der Waals surface area contributed by atoms with Gasteiger partial charge < -0.3 is 10.4 Å². The van der Waals surface area contributed by atoms with Gasteiger partial charge in [0.05, 0.1) is 6.04 Å². The van der Waals surface area contributed by atoms with Crippen LogP contribution in [0.1, 0.15) is 43.4 Å². The Balaban J connectivity index is 1.65. The van der Waals surface area contributed by atoms with Gasteiger partial charge in [0.15, 0.2) is 0 Å². The minimum atomic E-state index is -0.195. The van der Waals surface area contributed by atoms with Crippen molar-refractivity contribution in [1.29, 1.82) is 0 Å². The first-order valence-corrected chi connectivity index (χ1v) is 7.02. The zero-order chi connectivity index (χ0) is 13.4. The Kier molecular flexibility index (Phi) is 3.19. The van der Waals surface area contributed by atoms with Crippen molar-refractivity contribution in [2.24, 2.45) is 0 Å². The lowest BCUT2D eigenvalue weighted by atomic mass is 10.1. The number of aromatic hydroxyl groups is 1. The molecule has 0 spiro atoms. The van der Waals surface area contributed by atoms with Crippen molar-refractivity contribution in [2.75, 3.05) is 0 Å². The Morgan fingerprint density at radius 3 is 2.89 bits per heavy atom. The van der Waals surface area contributed by atoms with Crippen LogP contribution in [0.5, 0.6) is 5.75 Å². The molecule has 0 aliphatic heterocycles. The monoisotopic (exact) mass is 260 g/mol. The van der Waals surface area contributed by atoms with Gasteiger partial charge in [0.1, 0.15) is 5.75 Å². The van der Waals surface area contributed by atoms with Crippen molar-refractivity contribution in [3.8, 4) is 5.75 Å². The third-order valence-corrected chi connectivity index (χ3v) is 4.01. The molecule has 2 aliphatic rings. The van der Waals surface area contributed by atoms with Crippen molar-refractivity contribution in [3.63, 3.8) is 0 Å². The second-order valence-corrected chi connectivity index (χ2v) is 5.61. The molecule has 0 saturated heterocycles. The molecule has 19 heavy (non-hydrogen) atoms. The molecule has 3 rings (SSSR count). The van der Waals surface area contributed by atoms with Crippen LogP contribution in [0.3, 0.4) is 0 Å². The van der Waals surface area contributed by atoms with Gasteiger partial charge in [0.25, 0.3) is 0 Å². The number of rotatable bonds is 4. The molecule has 4 nitrogen and oxygen atoms in total. The van der Waals surface area contributed by atoms with Crippen molar-refractivity contribution in [3.05, 3.63) is 29.3 Å². The maximum Gasteiger partial charge on any atom is 0.237 e. The van der Waals surface area contributed by atoms with Crippen LogP contribution < -0.4 is 10.6 Å². The molecule has 2 unspecified atom stereocenters. The number of fused-ring (bicyclic) bond motifs is 1. The molecule has 3 N–H and O–H groups in total. The predicted octanol–water partition coefficient (Wildman–Crippen LogP) is 1.64. The average Bonchev–Trinajstić information content (AvgIpc) is 3.10. The first kappa shape index (κ1) is 12.5. The molecule has 0 radical (unpaired) electrons. The van der Waals surface area contributed by atoms with Crippen LogP contribution in [0.25, 0.3) is 0 Å². The van der Waals surface area contributed by atoms with Gasteiger partial charge in [-0.3, -0.25) is 10.1 Å². The number of amides is 1. The minimum absolute atomic E-state index is 0.0797. The fourth-order valence-electron chi connectivity index (χ4n) is 2.74. The number of nitrogens with one attached hydrogen (secondary N) is 2. The fourth-order valence-corrected chi connectivity index (χ4v) is 2.74. The number of phenols is 1. The lowest BCUT2D eigenvalue weighted by molar-refractivity contribution is -0.123. The molecule has 0 aromatic heterocycles. The molecule has 4 heteroatoms. The second-order valence-electron chi connectivity index (χ2n) is 5.61. The minimum Gasteiger partial charge on any atom is -0.508 e. The Morgan fingerprint density at radius 2 is 2.16 bits per heavy atom. The zero-order valence-corrected chi connectivity index (χ0v) is 11.1. The van der Waals surface area contributed by atoms with E-state index in [4.69, 9.17) is 0 Å². The van der Waals surface area contributed by atoms with Gasteiger partial charge in [0.2, 0.25) is 5.91 Å². The smallest absolute Gasteiger partial charge is 0.237 e. The molecule has 1 aromatic rings. The van der Waals surface area contributed by atoms with E-state index in [9.17, 15) is 9.90 Å². The summed E-state index contributed by atoms with van der Waals surface area (Å²) in [6.07, 6.45) is 4.03. The number of benzene rings is 1. The normalized spacial score (nSPS) is 22.9. The number of hydrogen-bond donors (Lipinski definition) is 3. The SMILES string of the molecule is CC(NC1CCc2c(O)cccc21)C(=O)NC1CC1. The summed E-state index contributed by atoms with van der Waals surface area (Å²) in [5.74, 6) is 0.452. The molecule has 1 fully saturated rings. The summed E-state index contributed by atoms with van der Waals surface area (Å²) in [4.78, 5) is 11.9. The van der Waals surface area contributed by atoms with E-state index in [0.29, 0.717) is 11.8 Å². The topological polar surface area (TPSA) is 61.4 Å². The van der Waals surface area contributed by atoms with Gasteiger partial charge in [-0.2, -0.15) is 0 Å². The summed E-state index contributed by atoms with van der Waals surface area (Å²) in [5.41, 5.74) is 2.15. The average molecular weight is 260 g/mol. The number of phenolic OH excluding ortho intramolecular Hbond substituents is 1. The predicted molar refractivity (Wildman–Crippen MR) is 72.9 cm³/mol. The van der Waals surface area contributed by atoms with E-state index in [1.165, 1.54) is 0 Å². The largest absolute Gasteiger partial charge is 0.508 e. The summed E-state index contributed by atoms with van der Waals surface area (Å²) in [5, 5.41) is 16.2. The van der Waals surface area contributed by atoms with Crippen LogP contribution in [0.15, 0.2) is 18.2 Å². The molecule has 102 valence electrons. The Morgan fingerprint density at radius 1 is 1.37 bits per heavy atom. The maximum atomic E-state index is 11.9.